The molecule has 1 rings (SSSR count). The lowest BCUT2D eigenvalue weighted by Crippen LogP contribution is -2.55. The molecular formula is C27H43N3O6S. The van der Waals surface area contributed by atoms with Crippen LogP contribution in [0.25, 0.3) is 0 Å². The number of rotatable bonds is 13. The number of thioether (sulfide) groups is 1. The molecule has 2 unspecified atom stereocenters. The largest absolute Gasteiger partial charge is 0.466 e. The van der Waals surface area contributed by atoms with Gasteiger partial charge in [0.05, 0.1) is 13.0 Å². The van der Waals surface area contributed by atoms with Crippen molar-refractivity contribution < 1.29 is 28.7 Å². The van der Waals surface area contributed by atoms with Gasteiger partial charge in [0.1, 0.15) is 17.7 Å². The fourth-order valence-corrected chi connectivity index (χ4v) is 4.08. The fraction of sp³-hybridized carbons (Fsp3) is 0.630. The Morgan fingerprint density at radius 2 is 1.70 bits per heavy atom. The highest BCUT2D eigenvalue weighted by Crippen LogP contribution is 2.26. The van der Waals surface area contributed by atoms with E-state index in [1.165, 1.54) is 4.90 Å². The summed E-state index contributed by atoms with van der Waals surface area (Å²) in [7, 11) is 0. The van der Waals surface area contributed by atoms with Gasteiger partial charge >= 0.3 is 12.1 Å². The van der Waals surface area contributed by atoms with Crippen molar-refractivity contribution in [2.45, 2.75) is 85.0 Å². The molecule has 0 aliphatic heterocycles. The van der Waals surface area contributed by atoms with Crippen molar-refractivity contribution in [1.29, 1.82) is 0 Å². The highest BCUT2D eigenvalue weighted by molar-refractivity contribution is 7.98. The molecule has 208 valence electrons. The Kier molecular flexibility index (Phi) is 13.5. The summed E-state index contributed by atoms with van der Waals surface area (Å²) in [5, 5.41) is 5.49. The number of nitrogens with one attached hydrogen (secondary N) is 2. The van der Waals surface area contributed by atoms with E-state index in [-0.39, 0.29) is 31.5 Å². The maximum Gasteiger partial charge on any atom is 0.408 e. The monoisotopic (exact) mass is 537 g/mol. The molecule has 0 saturated carbocycles. The van der Waals surface area contributed by atoms with Gasteiger partial charge < -0.3 is 25.0 Å². The molecule has 1 aromatic rings. The quantitative estimate of drug-likeness (QED) is 0.366. The van der Waals surface area contributed by atoms with Gasteiger partial charge in [-0.2, -0.15) is 11.8 Å². The number of carbonyl (C=O) groups is 4. The third kappa shape index (κ3) is 11.5. The van der Waals surface area contributed by atoms with Crippen molar-refractivity contribution in [2.24, 2.45) is 0 Å². The second kappa shape index (κ2) is 15.5. The Balaban J connectivity index is 3.32. The third-order valence-corrected chi connectivity index (χ3v) is 5.91. The third-order valence-electron chi connectivity index (χ3n) is 5.26. The molecule has 2 N–H and O–H groups in total. The molecule has 9 nitrogen and oxygen atoms in total. The highest BCUT2D eigenvalue weighted by atomic mass is 32.2. The van der Waals surface area contributed by atoms with E-state index >= 15 is 0 Å². The van der Waals surface area contributed by atoms with Crippen LogP contribution in [-0.4, -0.2) is 71.6 Å². The van der Waals surface area contributed by atoms with Crippen LogP contribution >= 0.6 is 11.8 Å². The number of benzene rings is 1. The van der Waals surface area contributed by atoms with E-state index in [9.17, 15) is 19.2 Å². The van der Waals surface area contributed by atoms with E-state index in [2.05, 4.69) is 10.6 Å². The van der Waals surface area contributed by atoms with Gasteiger partial charge in [0, 0.05) is 12.6 Å². The van der Waals surface area contributed by atoms with Crippen LogP contribution in [0.5, 0.6) is 0 Å². The van der Waals surface area contributed by atoms with E-state index in [4.69, 9.17) is 9.47 Å². The van der Waals surface area contributed by atoms with Gasteiger partial charge in [0.15, 0.2) is 0 Å². The first-order valence-electron chi connectivity index (χ1n) is 12.6. The van der Waals surface area contributed by atoms with E-state index in [0.29, 0.717) is 17.7 Å². The minimum absolute atomic E-state index is 0.0202. The number of esters is 1. The first-order chi connectivity index (χ1) is 17.3. The molecule has 0 aliphatic rings. The summed E-state index contributed by atoms with van der Waals surface area (Å²) >= 11 is 1.55. The van der Waals surface area contributed by atoms with Gasteiger partial charge in [-0.15, -0.1) is 0 Å². The number of alkyl carbamates (subject to hydrolysis) is 1. The zero-order chi connectivity index (χ0) is 28.2. The van der Waals surface area contributed by atoms with Crippen LogP contribution in [-0.2, 0) is 23.9 Å². The van der Waals surface area contributed by atoms with Crippen LogP contribution in [0.4, 0.5) is 4.79 Å². The average Bonchev–Trinajstić information content (AvgIpc) is 2.79. The van der Waals surface area contributed by atoms with Gasteiger partial charge in [0.2, 0.25) is 11.8 Å². The second-order valence-electron chi connectivity index (χ2n) is 9.98. The topological polar surface area (TPSA) is 114 Å². The summed E-state index contributed by atoms with van der Waals surface area (Å²) in [6, 6.07) is 5.16. The predicted octanol–water partition coefficient (Wildman–Crippen LogP) is 3.99. The fourth-order valence-electron chi connectivity index (χ4n) is 3.61. The highest BCUT2D eigenvalue weighted by Gasteiger charge is 2.37. The average molecular weight is 538 g/mol. The van der Waals surface area contributed by atoms with E-state index in [0.717, 1.165) is 5.56 Å². The molecule has 0 radical (unpaired) electrons. The lowest BCUT2D eigenvalue weighted by Gasteiger charge is -2.37. The van der Waals surface area contributed by atoms with Crippen LogP contribution in [0, 0.1) is 6.92 Å². The summed E-state index contributed by atoms with van der Waals surface area (Å²) < 4.78 is 10.3. The number of hydrogen-bond donors (Lipinski definition) is 2. The lowest BCUT2D eigenvalue weighted by atomic mass is 9.99. The van der Waals surface area contributed by atoms with Gasteiger partial charge in [-0.25, -0.2) is 4.79 Å². The minimum Gasteiger partial charge on any atom is -0.466 e. The van der Waals surface area contributed by atoms with Crippen molar-refractivity contribution in [1.82, 2.24) is 15.5 Å². The number of carbonyl (C=O) groups excluding carboxylic acids is 4. The standard InChI is InChI=1S/C27H43N3O6S/c1-9-35-22(31)14-16-28-24(32)23(20-12-10-19(4)11-13-20)30(18(2)3)25(33)21(15-17-37-8)29-26(34)36-27(5,6)7/h10-13,18,21,23H,9,14-17H2,1-8H3,(H,28,32)(H,29,34). The lowest BCUT2D eigenvalue weighted by molar-refractivity contribution is -0.145. The molecule has 0 aromatic heterocycles. The Bertz CT molecular complexity index is 898. The van der Waals surface area contributed by atoms with E-state index < -0.39 is 35.7 Å². The smallest absolute Gasteiger partial charge is 0.408 e. The number of hydrogen-bond acceptors (Lipinski definition) is 7. The Labute approximate surface area is 225 Å². The number of ether oxygens (including phenoxy) is 2. The summed E-state index contributed by atoms with van der Waals surface area (Å²) in [4.78, 5) is 53.2. The normalized spacial score (nSPS) is 12.9. The van der Waals surface area contributed by atoms with Crippen LogP contribution in [0.2, 0.25) is 0 Å². The first kappa shape index (κ1) is 32.3. The molecule has 0 bridgehead atoms. The van der Waals surface area contributed by atoms with Gasteiger partial charge in [-0.05, 0) is 72.5 Å². The van der Waals surface area contributed by atoms with Crippen LogP contribution in [0.3, 0.4) is 0 Å². The molecule has 37 heavy (non-hydrogen) atoms. The molecule has 0 heterocycles. The molecule has 1 aromatic carbocycles. The zero-order valence-electron chi connectivity index (χ0n) is 23.4. The predicted molar refractivity (Wildman–Crippen MR) is 146 cm³/mol. The summed E-state index contributed by atoms with van der Waals surface area (Å²) in [6.45, 7) is 12.9. The van der Waals surface area contributed by atoms with Gasteiger partial charge in [-0.1, -0.05) is 29.8 Å². The number of nitrogens with zero attached hydrogens (tertiary/aromatic N) is 1. The van der Waals surface area contributed by atoms with Crippen molar-refractivity contribution in [3.05, 3.63) is 35.4 Å². The maximum atomic E-state index is 13.9. The summed E-state index contributed by atoms with van der Waals surface area (Å²) in [6.07, 6.45) is 1.61. The Morgan fingerprint density at radius 3 is 2.22 bits per heavy atom. The SMILES string of the molecule is CCOC(=O)CCNC(=O)C(c1ccc(C)cc1)N(C(=O)C(CCSC)NC(=O)OC(C)(C)C)C(C)C. The van der Waals surface area contributed by atoms with Crippen LogP contribution in [0.15, 0.2) is 24.3 Å². The second-order valence-corrected chi connectivity index (χ2v) is 11.0. The molecule has 0 aliphatic carbocycles. The van der Waals surface area contributed by atoms with Crippen LogP contribution in [0.1, 0.15) is 71.6 Å². The molecule has 0 saturated heterocycles. The van der Waals surface area contributed by atoms with Gasteiger partial charge in [0.25, 0.3) is 0 Å². The van der Waals surface area contributed by atoms with Crippen LogP contribution < -0.4 is 10.6 Å². The first-order valence-corrected chi connectivity index (χ1v) is 14.0. The Morgan fingerprint density at radius 1 is 1.08 bits per heavy atom. The summed E-state index contributed by atoms with van der Waals surface area (Å²) in [5.74, 6) is -0.596. The Hall–Kier alpha value is -2.75. The van der Waals surface area contributed by atoms with Crippen molar-refractivity contribution >= 4 is 35.6 Å². The molecule has 3 amide bonds. The molecule has 10 heteroatoms. The van der Waals surface area contributed by atoms with Crippen molar-refractivity contribution in [3.63, 3.8) is 0 Å². The molecular weight excluding hydrogens is 494 g/mol. The zero-order valence-corrected chi connectivity index (χ0v) is 24.2. The molecule has 2 atom stereocenters. The molecule has 0 spiro atoms. The van der Waals surface area contributed by atoms with Crippen molar-refractivity contribution in [3.8, 4) is 0 Å². The van der Waals surface area contributed by atoms with E-state index in [1.807, 2.05) is 51.3 Å². The number of aryl methyl sites for hydroxylation is 1. The number of amides is 3. The molecule has 0 fully saturated rings. The maximum absolute atomic E-state index is 13.9. The summed E-state index contributed by atoms with van der Waals surface area (Å²) in [5.41, 5.74) is 0.914. The minimum atomic E-state index is -0.965. The van der Waals surface area contributed by atoms with Crippen molar-refractivity contribution in [2.75, 3.05) is 25.2 Å². The van der Waals surface area contributed by atoms with Gasteiger partial charge in [-0.3, -0.25) is 14.4 Å². The van der Waals surface area contributed by atoms with E-state index in [1.54, 1.807) is 39.5 Å².